The van der Waals surface area contributed by atoms with Crippen molar-refractivity contribution in [2.45, 2.75) is 71.3 Å². The molecule has 0 N–H and O–H groups in total. The molecule has 4 rings (SSSR count). The van der Waals surface area contributed by atoms with E-state index in [4.69, 9.17) is 4.74 Å². The lowest BCUT2D eigenvalue weighted by Gasteiger charge is -2.25. The summed E-state index contributed by atoms with van der Waals surface area (Å²) < 4.78 is 64.4. The quantitative estimate of drug-likeness (QED) is 0.0854. The van der Waals surface area contributed by atoms with Gasteiger partial charge in [0.1, 0.15) is 17.3 Å². The molecule has 0 radical (unpaired) electrons. The molecule has 1 aliphatic rings. The molecule has 0 saturated heterocycles. The topological polar surface area (TPSA) is 21.6 Å². The van der Waals surface area contributed by atoms with Crippen LogP contribution in [0.3, 0.4) is 0 Å². The summed E-state index contributed by atoms with van der Waals surface area (Å²) in [6.45, 7) is 4.76. The maximum atomic E-state index is 15.3. The van der Waals surface area contributed by atoms with E-state index in [0.29, 0.717) is 67.4 Å². The second kappa shape index (κ2) is 13.9. The van der Waals surface area contributed by atoms with E-state index >= 15 is 4.39 Å². The number of aliphatic imine (C=N–C) groups is 1. The first-order valence-electron chi connectivity index (χ1n) is 13.7. The van der Waals surface area contributed by atoms with Gasteiger partial charge in [-0.1, -0.05) is 38.2 Å². The Labute approximate surface area is 238 Å². The lowest BCUT2D eigenvalue weighted by Crippen LogP contribution is -2.24. The highest BCUT2D eigenvalue weighted by Gasteiger charge is 2.25. The smallest absolute Gasteiger partial charge is 0.152 e. The molecule has 3 aromatic carbocycles. The Bertz CT molecular complexity index is 1480. The van der Waals surface area contributed by atoms with Gasteiger partial charge in [-0.05, 0) is 115 Å². The van der Waals surface area contributed by atoms with Crippen molar-refractivity contribution in [2.75, 3.05) is 6.61 Å². The van der Waals surface area contributed by atoms with Crippen LogP contribution in [0.15, 0.2) is 41.4 Å². The number of thiocarbonyl (C=S) groups is 1. The summed E-state index contributed by atoms with van der Waals surface area (Å²) in [6.07, 6.45) is 5.40. The van der Waals surface area contributed by atoms with Gasteiger partial charge in [0, 0.05) is 12.2 Å². The summed E-state index contributed by atoms with van der Waals surface area (Å²) in [5.41, 5.74) is 3.70. The molecule has 0 spiro atoms. The molecule has 7 heteroatoms. The predicted molar refractivity (Wildman–Crippen MR) is 153 cm³/mol. The van der Waals surface area contributed by atoms with Gasteiger partial charge in [-0.15, -0.1) is 0 Å². The van der Waals surface area contributed by atoms with Gasteiger partial charge in [-0.25, -0.2) is 17.6 Å². The molecule has 0 fully saturated rings. The number of unbranched alkanes of at least 4 members (excludes halogenated alkanes) is 1. The van der Waals surface area contributed by atoms with Crippen LogP contribution in [0, 0.1) is 35.1 Å². The van der Waals surface area contributed by atoms with Crippen LogP contribution in [0.25, 0.3) is 0 Å². The zero-order valence-electron chi connectivity index (χ0n) is 22.7. The van der Waals surface area contributed by atoms with E-state index < -0.39 is 29.0 Å². The standard InChI is InChI=1S/C33H31F4NOS/c1-3-5-14-39-26-11-13-27-25(18-26)19-29(34)28(32(27)37)12-8-21-6-9-24(23(4-2)15-21)10-7-22-16-30(35)33(38-20-40)31(36)17-22/h6,9,15-17,19,26H,3-5,7,10-11,13-14,18H2,1-2H3. The first kappa shape index (κ1) is 29.7. The number of aryl methyl sites for hydroxylation is 3. The average Bonchev–Trinajstić information content (AvgIpc) is 2.94. The highest BCUT2D eigenvalue weighted by atomic mass is 32.1. The molecule has 1 aliphatic carbocycles. The van der Waals surface area contributed by atoms with Gasteiger partial charge in [0.05, 0.1) is 16.8 Å². The van der Waals surface area contributed by atoms with E-state index in [9.17, 15) is 13.2 Å². The summed E-state index contributed by atoms with van der Waals surface area (Å²) in [6, 6.07) is 9.50. The summed E-state index contributed by atoms with van der Waals surface area (Å²) in [7, 11) is 0. The highest BCUT2D eigenvalue weighted by Crippen LogP contribution is 2.29. The minimum Gasteiger partial charge on any atom is -0.378 e. The van der Waals surface area contributed by atoms with Crippen LogP contribution in [-0.2, 0) is 36.8 Å². The van der Waals surface area contributed by atoms with Crippen molar-refractivity contribution in [1.82, 2.24) is 0 Å². The second-order valence-electron chi connectivity index (χ2n) is 9.97. The molecule has 1 atom stereocenters. The average molecular weight is 566 g/mol. The van der Waals surface area contributed by atoms with E-state index in [0.717, 1.165) is 24.0 Å². The Morgan fingerprint density at radius 3 is 2.42 bits per heavy atom. The number of rotatable bonds is 9. The van der Waals surface area contributed by atoms with Crippen LogP contribution < -0.4 is 0 Å². The van der Waals surface area contributed by atoms with E-state index in [-0.39, 0.29) is 11.7 Å². The summed E-state index contributed by atoms with van der Waals surface area (Å²) in [5, 5.41) is 1.98. The van der Waals surface area contributed by atoms with Crippen molar-refractivity contribution in [3.63, 3.8) is 0 Å². The van der Waals surface area contributed by atoms with Gasteiger partial charge >= 0.3 is 0 Å². The molecule has 0 heterocycles. The first-order chi connectivity index (χ1) is 19.3. The second-order valence-corrected chi connectivity index (χ2v) is 10.2. The zero-order chi connectivity index (χ0) is 28.6. The Balaban J connectivity index is 1.49. The fourth-order valence-electron chi connectivity index (χ4n) is 5.07. The molecule has 0 bridgehead atoms. The third-order valence-corrected chi connectivity index (χ3v) is 7.35. The monoisotopic (exact) mass is 565 g/mol. The van der Waals surface area contributed by atoms with Crippen LogP contribution in [0.5, 0.6) is 0 Å². The maximum absolute atomic E-state index is 15.3. The Hall–Kier alpha value is -3.30. The molecule has 0 aromatic heterocycles. The molecular formula is C33H31F4NOS. The minimum absolute atomic E-state index is 0.0111. The van der Waals surface area contributed by atoms with Gasteiger partial charge in [-0.2, -0.15) is 4.99 Å². The number of ether oxygens (including phenoxy) is 1. The van der Waals surface area contributed by atoms with Crippen molar-refractivity contribution in [3.05, 3.63) is 98.6 Å². The maximum Gasteiger partial charge on any atom is 0.152 e. The van der Waals surface area contributed by atoms with Crippen molar-refractivity contribution >= 4 is 23.1 Å². The fraction of sp³-hybridized carbons (Fsp3) is 0.364. The SMILES string of the molecule is CCCCOC1CCc2c(cc(F)c(C#Cc3ccc(CCc4cc(F)c(N=C=S)c(F)c4)c(CC)c3)c2F)C1. The normalized spacial score (nSPS) is 14.2. The van der Waals surface area contributed by atoms with Gasteiger partial charge in [-0.3, -0.25) is 0 Å². The number of hydrogen-bond acceptors (Lipinski definition) is 3. The Morgan fingerprint density at radius 2 is 1.73 bits per heavy atom. The number of halogens is 4. The van der Waals surface area contributed by atoms with Gasteiger partial charge in [0.25, 0.3) is 0 Å². The van der Waals surface area contributed by atoms with Crippen molar-refractivity contribution in [2.24, 2.45) is 4.99 Å². The van der Waals surface area contributed by atoms with Crippen molar-refractivity contribution < 1.29 is 22.3 Å². The number of hydrogen-bond donors (Lipinski definition) is 0. The highest BCUT2D eigenvalue weighted by molar-refractivity contribution is 7.78. The Kier molecular flexibility index (Phi) is 10.3. The van der Waals surface area contributed by atoms with Crippen LogP contribution in [0.2, 0.25) is 0 Å². The third-order valence-electron chi connectivity index (χ3n) is 7.26. The number of nitrogens with zero attached hydrogens (tertiary/aromatic N) is 1. The van der Waals surface area contributed by atoms with Gasteiger partial charge < -0.3 is 4.74 Å². The first-order valence-corrected chi connectivity index (χ1v) is 14.1. The zero-order valence-corrected chi connectivity index (χ0v) is 23.5. The van der Waals surface area contributed by atoms with Crippen LogP contribution in [-0.4, -0.2) is 17.9 Å². The van der Waals surface area contributed by atoms with E-state index in [1.807, 2.05) is 24.2 Å². The fourth-order valence-corrected chi connectivity index (χ4v) is 5.16. The lowest BCUT2D eigenvalue weighted by atomic mass is 9.87. The summed E-state index contributed by atoms with van der Waals surface area (Å²) >= 11 is 4.44. The minimum atomic E-state index is -0.782. The molecular weight excluding hydrogens is 534 g/mol. The van der Waals surface area contributed by atoms with E-state index in [1.165, 1.54) is 18.2 Å². The van der Waals surface area contributed by atoms with Crippen molar-refractivity contribution in [1.29, 1.82) is 0 Å². The number of fused-ring (bicyclic) bond motifs is 1. The molecule has 40 heavy (non-hydrogen) atoms. The molecule has 2 nitrogen and oxygen atoms in total. The number of isothiocyanates is 1. The summed E-state index contributed by atoms with van der Waals surface area (Å²) in [4.78, 5) is 3.44. The van der Waals surface area contributed by atoms with E-state index in [2.05, 4.69) is 36.0 Å². The molecule has 0 aliphatic heterocycles. The lowest BCUT2D eigenvalue weighted by molar-refractivity contribution is 0.0420. The largest absolute Gasteiger partial charge is 0.378 e. The molecule has 208 valence electrons. The van der Waals surface area contributed by atoms with Crippen LogP contribution >= 0.6 is 12.2 Å². The number of benzene rings is 3. The molecule has 1 unspecified atom stereocenters. The van der Waals surface area contributed by atoms with Gasteiger partial charge in [0.15, 0.2) is 11.6 Å². The predicted octanol–water partition coefficient (Wildman–Crippen LogP) is 8.40. The van der Waals surface area contributed by atoms with E-state index in [1.54, 1.807) is 6.07 Å². The molecule has 0 saturated carbocycles. The molecule has 3 aromatic rings. The third kappa shape index (κ3) is 7.06. The molecule has 0 amide bonds. The van der Waals surface area contributed by atoms with Crippen LogP contribution in [0.4, 0.5) is 23.2 Å². The van der Waals surface area contributed by atoms with Gasteiger partial charge in [0.2, 0.25) is 0 Å². The van der Waals surface area contributed by atoms with Crippen LogP contribution in [0.1, 0.15) is 72.1 Å². The Morgan fingerprint density at radius 1 is 0.950 bits per heavy atom. The summed E-state index contributed by atoms with van der Waals surface area (Å²) in [5.74, 6) is 2.84. The van der Waals surface area contributed by atoms with Crippen molar-refractivity contribution in [3.8, 4) is 11.8 Å².